The Bertz CT molecular complexity index is 559. The Morgan fingerprint density at radius 1 is 1.56 bits per heavy atom. The highest BCUT2D eigenvalue weighted by molar-refractivity contribution is 7.90. The van der Waals surface area contributed by atoms with Crippen LogP contribution in [0.25, 0.3) is 0 Å². The fourth-order valence-electron chi connectivity index (χ4n) is 1.24. The number of hydrogen-bond donors (Lipinski definition) is 1. The molecular formula is C10H14FN3O3S. The van der Waals surface area contributed by atoms with E-state index in [1.54, 1.807) is 0 Å². The van der Waals surface area contributed by atoms with Crippen LogP contribution < -0.4 is 5.73 Å². The van der Waals surface area contributed by atoms with Gasteiger partial charge in [0, 0.05) is 26.0 Å². The zero-order chi connectivity index (χ0) is 13.9. The summed E-state index contributed by atoms with van der Waals surface area (Å²) in [5.41, 5.74) is 5.03. The number of carbonyl (C=O) groups is 1. The van der Waals surface area contributed by atoms with Gasteiger partial charge < -0.3 is 10.6 Å². The molecule has 0 aliphatic heterocycles. The number of pyridine rings is 1. The molecule has 0 saturated carbocycles. The van der Waals surface area contributed by atoms with Gasteiger partial charge in [-0.15, -0.1) is 0 Å². The molecule has 0 spiro atoms. The predicted molar refractivity (Wildman–Crippen MR) is 65.3 cm³/mol. The van der Waals surface area contributed by atoms with Crippen LogP contribution in [0.2, 0.25) is 0 Å². The Hall–Kier alpha value is -1.70. The molecule has 0 saturated heterocycles. The van der Waals surface area contributed by atoms with E-state index in [1.165, 1.54) is 19.3 Å². The normalized spacial score (nSPS) is 11.3. The Labute approximate surface area is 105 Å². The van der Waals surface area contributed by atoms with Gasteiger partial charge in [0.05, 0.1) is 11.3 Å². The Morgan fingerprint density at radius 2 is 2.17 bits per heavy atom. The van der Waals surface area contributed by atoms with Crippen LogP contribution in [0.3, 0.4) is 0 Å². The second-order valence-electron chi connectivity index (χ2n) is 3.91. The molecule has 0 fully saturated rings. The van der Waals surface area contributed by atoms with E-state index in [4.69, 9.17) is 5.73 Å². The van der Waals surface area contributed by atoms with E-state index in [9.17, 15) is 17.6 Å². The van der Waals surface area contributed by atoms with E-state index in [2.05, 4.69) is 4.98 Å². The quantitative estimate of drug-likeness (QED) is 0.829. The van der Waals surface area contributed by atoms with Crippen LogP contribution in [0, 0.1) is 5.82 Å². The minimum absolute atomic E-state index is 0.0145. The topological polar surface area (TPSA) is 93.4 Å². The van der Waals surface area contributed by atoms with E-state index in [1.807, 2.05) is 0 Å². The van der Waals surface area contributed by atoms with E-state index >= 15 is 0 Å². The minimum Gasteiger partial charge on any atom is -0.381 e. The second kappa shape index (κ2) is 5.30. The van der Waals surface area contributed by atoms with Crippen LogP contribution in [0.1, 0.15) is 10.4 Å². The first-order valence-corrected chi connectivity index (χ1v) is 7.11. The van der Waals surface area contributed by atoms with Crippen molar-refractivity contribution >= 4 is 21.6 Å². The zero-order valence-electron chi connectivity index (χ0n) is 10.1. The maximum absolute atomic E-state index is 13.5. The molecule has 8 heteroatoms. The van der Waals surface area contributed by atoms with E-state index in [0.29, 0.717) is 0 Å². The van der Waals surface area contributed by atoms with Gasteiger partial charge in [-0.05, 0) is 6.07 Å². The summed E-state index contributed by atoms with van der Waals surface area (Å²) in [6.07, 6.45) is 2.28. The molecule has 18 heavy (non-hydrogen) atoms. The average molecular weight is 275 g/mol. The van der Waals surface area contributed by atoms with Gasteiger partial charge in [-0.1, -0.05) is 0 Å². The third-order valence-electron chi connectivity index (χ3n) is 2.29. The maximum atomic E-state index is 13.5. The van der Waals surface area contributed by atoms with Crippen molar-refractivity contribution in [3.8, 4) is 0 Å². The van der Waals surface area contributed by atoms with Crippen molar-refractivity contribution in [3.05, 3.63) is 23.6 Å². The molecule has 0 aromatic carbocycles. The molecule has 0 aliphatic carbocycles. The van der Waals surface area contributed by atoms with E-state index < -0.39 is 21.6 Å². The van der Waals surface area contributed by atoms with Crippen molar-refractivity contribution in [2.75, 3.05) is 31.3 Å². The summed E-state index contributed by atoms with van der Waals surface area (Å²) in [4.78, 5) is 16.5. The third-order valence-corrected chi connectivity index (χ3v) is 3.21. The third kappa shape index (κ3) is 3.66. The van der Waals surface area contributed by atoms with Gasteiger partial charge in [-0.25, -0.2) is 17.8 Å². The molecule has 100 valence electrons. The summed E-state index contributed by atoms with van der Waals surface area (Å²) >= 11 is 0. The van der Waals surface area contributed by atoms with Crippen LogP contribution in [-0.4, -0.2) is 49.8 Å². The molecule has 1 aromatic rings. The first-order valence-electron chi connectivity index (χ1n) is 5.05. The van der Waals surface area contributed by atoms with Crippen LogP contribution >= 0.6 is 0 Å². The van der Waals surface area contributed by atoms with Gasteiger partial charge in [0.1, 0.15) is 9.84 Å². The summed E-state index contributed by atoms with van der Waals surface area (Å²) in [6, 6.07) is 1.20. The highest BCUT2D eigenvalue weighted by Crippen LogP contribution is 2.13. The molecule has 0 radical (unpaired) electrons. The number of sulfone groups is 1. The van der Waals surface area contributed by atoms with Crippen molar-refractivity contribution < 1.29 is 17.6 Å². The number of amides is 1. The van der Waals surface area contributed by atoms with Crippen molar-refractivity contribution in [1.82, 2.24) is 9.88 Å². The van der Waals surface area contributed by atoms with E-state index in [-0.39, 0.29) is 23.7 Å². The first kappa shape index (κ1) is 14.4. The lowest BCUT2D eigenvalue weighted by molar-refractivity contribution is 0.0799. The lowest BCUT2D eigenvalue weighted by Gasteiger charge is -2.17. The van der Waals surface area contributed by atoms with Crippen molar-refractivity contribution in [2.45, 2.75) is 0 Å². The largest absolute Gasteiger partial charge is 0.381 e. The summed E-state index contributed by atoms with van der Waals surface area (Å²) in [6.45, 7) is -0.0145. The summed E-state index contributed by atoms with van der Waals surface area (Å²) in [7, 11) is -1.79. The lowest BCUT2D eigenvalue weighted by atomic mass is 10.2. The summed E-state index contributed by atoms with van der Waals surface area (Å²) < 4.78 is 35.5. The van der Waals surface area contributed by atoms with Crippen LogP contribution in [-0.2, 0) is 9.84 Å². The van der Waals surface area contributed by atoms with Crippen LogP contribution in [0.15, 0.2) is 12.3 Å². The first-order chi connectivity index (χ1) is 8.22. The summed E-state index contributed by atoms with van der Waals surface area (Å²) in [5, 5.41) is 0. The van der Waals surface area contributed by atoms with Crippen LogP contribution in [0.5, 0.6) is 0 Å². The molecule has 1 aromatic heterocycles. The fourth-order valence-corrected chi connectivity index (χ4v) is 1.84. The molecule has 0 unspecified atom stereocenters. The number of nitrogen functional groups attached to an aromatic ring is 1. The summed E-state index contributed by atoms with van der Waals surface area (Å²) in [5.74, 6) is -2.08. The number of aromatic nitrogens is 1. The standard InChI is InChI=1S/C10H14FN3O3S/c1-14(5-6-18(2,16)17)10(15)7-3-4-13-9(12)8(7)11/h3-4H,5-6H2,1-2H3,(H2,12,13). The molecule has 0 atom stereocenters. The van der Waals surface area contributed by atoms with Gasteiger partial charge in [-0.3, -0.25) is 4.79 Å². The Kier molecular flexibility index (Phi) is 4.23. The number of anilines is 1. The number of hydrogen-bond acceptors (Lipinski definition) is 5. The molecule has 0 aliphatic rings. The maximum Gasteiger partial charge on any atom is 0.256 e. The molecular weight excluding hydrogens is 261 g/mol. The zero-order valence-corrected chi connectivity index (χ0v) is 10.9. The number of halogens is 1. The Balaban J connectivity index is 2.84. The van der Waals surface area contributed by atoms with Crippen LogP contribution in [0.4, 0.5) is 10.2 Å². The monoisotopic (exact) mass is 275 g/mol. The van der Waals surface area contributed by atoms with Crippen molar-refractivity contribution in [1.29, 1.82) is 0 Å². The highest BCUT2D eigenvalue weighted by atomic mass is 32.2. The molecule has 1 heterocycles. The van der Waals surface area contributed by atoms with Gasteiger partial charge in [-0.2, -0.15) is 0 Å². The van der Waals surface area contributed by atoms with Gasteiger partial charge in [0.15, 0.2) is 11.6 Å². The molecule has 2 N–H and O–H groups in total. The molecule has 1 rings (SSSR count). The smallest absolute Gasteiger partial charge is 0.256 e. The highest BCUT2D eigenvalue weighted by Gasteiger charge is 2.19. The van der Waals surface area contributed by atoms with Gasteiger partial charge >= 0.3 is 0 Å². The number of rotatable bonds is 4. The molecule has 0 bridgehead atoms. The number of carbonyl (C=O) groups excluding carboxylic acids is 1. The minimum atomic E-state index is -3.18. The van der Waals surface area contributed by atoms with Crippen molar-refractivity contribution in [2.24, 2.45) is 0 Å². The Morgan fingerprint density at radius 3 is 2.72 bits per heavy atom. The lowest BCUT2D eigenvalue weighted by Crippen LogP contribution is -2.32. The van der Waals surface area contributed by atoms with Gasteiger partial charge in [0.2, 0.25) is 0 Å². The fraction of sp³-hybridized carbons (Fsp3) is 0.400. The number of nitrogens with zero attached hydrogens (tertiary/aromatic N) is 2. The number of nitrogens with two attached hydrogens (primary N) is 1. The molecule has 6 nitrogen and oxygen atoms in total. The second-order valence-corrected chi connectivity index (χ2v) is 6.17. The average Bonchev–Trinajstić information content (AvgIpc) is 2.28. The van der Waals surface area contributed by atoms with Gasteiger partial charge in [0.25, 0.3) is 5.91 Å². The van der Waals surface area contributed by atoms with E-state index in [0.717, 1.165) is 11.2 Å². The SMILES string of the molecule is CN(CCS(C)(=O)=O)C(=O)c1ccnc(N)c1F. The molecule has 1 amide bonds. The predicted octanol–water partition coefficient (Wildman–Crippen LogP) is -0.0805. The van der Waals surface area contributed by atoms with Crippen molar-refractivity contribution in [3.63, 3.8) is 0 Å².